The van der Waals surface area contributed by atoms with Gasteiger partial charge in [-0.1, -0.05) is 6.07 Å². The Morgan fingerprint density at radius 1 is 1.09 bits per heavy atom. The number of ether oxygens (including phenoxy) is 4. The molecule has 1 aromatic heterocycles. The first-order chi connectivity index (χ1) is 15.8. The van der Waals surface area contributed by atoms with E-state index < -0.39 is 30.0 Å². The second-order valence-corrected chi connectivity index (χ2v) is 6.83. The zero-order valence-corrected chi connectivity index (χ0v) is 18.4. The Morgan fingerprint density at radius 2 is 1.85 bits per heavy atom. The van der Waals surface area contributed by atoms with E-state index in [1.54, 1.807) is 18.2 Å². The summed E-state index contributed by atoms with van der Waals surface area (Å²) in [6, 6.07) is 7.03. The summed E-state index contributed by atoms with van der Waals surface area (Å²) in [4.78, 5) is 49.1. The first-order valence-corrected chi connectivity index (χ1v) is 9.71. The van der Waals surface area contributed by atoms with Gasteiger partial charge in [-0.05, 0) is 42.8 Å². The number of nitrogens with one attached hydrogen (secondary N) is 1. The van der Waals surface area contributed by atoms with E-state index in [2.05, 4.69) is 14.8 Å². The Bertz CT molecular complexity index is 1120. The molecule has 2 heterocycles. The first kappa shape index (κ1) is 23.4. The summed E-state index contributed by atoms with van der Waals surface area (Å²) in [6.45, 7) is 1.37. The highest BCUT2D eigenvalue weighted by atomic mass is 16.6. The van der Waals surface area contributed by atoms with Gasteiger partial charge in [-0.15, -0.1) is 0 Å². The maximum Gasteiger partial charge on any atom is 0.373 e. The second kappa shape index (κ2) is 9.90. The Balaban J connectivity index is 1.76. The van der Waals surface area contributed by atoms with Crippen molar-refractivity contribution in [1.29, 1.82) is 0 Å². The lowest BCUT2D eigenvalue weighted by Crippen LogP contribution is -2.30. The Hall–Kier alpha value is -4.28. The molecule has 1 fully saturated rings. The highest BCUT2D eigenvalue weighted by Gasteiger charge is 2.34. The summed E-state index contributed by atoms with van der Waals surface area (Å²) < 4.78 is 25.4. The minimum Gasteiger partial charge on any atom is -0.493 e. The quantitative estimate of drug-likeness (QED) is 0.359. The van der Waals surface area contributed by atoms with Gasteiger partial charge in [0.25, 0.3) is 5.91 Å². The minimum atomic E-state index is -0.848. The van der Waals surface area contributed by atoms with Crippen LogP contribution in [0.15, 0.2) is 40.4 Å². The molecule has 1 N–H and O–H groups in total. The summed E-state index contributed by atoms with van der Waals surface area (Å²) in [6.07, 6.45) is 0.622. The number of amides is 3. The van der Waals surface area contributed by atoms with Gasteiger partial charge >= 0.3 is 18.0 Å². The van der Waals surface area contributed by atoms with Crippen molar-refractivity contribution in [2.75, 3.05) is 21.3 Å². The lowest BCUT2D eigenvalue weighted by Gasteiger charge is -2.15. The maximum absolute atomic E-state index is 12.7. The molecule has 3 amide bonds. The summed E-state index contributed by atoms with van der Waals surface area (Å²) in [5.74, 6) is -0.956. The minimum absolute atomic E-state index is 0.0359. The molecule has 1 atom stereocenters. The van der Waals surface area contributed by atoms with E-state index in [0.29, 0.717) is 17.1 Å². The number of hydrogen-bond donors (Lipinski definition) is 1. The van der Waals surface area contributed by atoms with Gasteiger partial charge in [-0.25, -0.2) is 14.4 Å². The fourth-order valence-corrected chi connectivity index (χ4v) is 2.99. The van der Waals surface area contributed by atoms with Crippen molar-refractivity contribution in [3.05, 3.63) is 53.1 Å². The predicted molar refractivity (Wildman–Crippen MR) is 112 cm³/mol. The van der Waals surface area contributed by atoms with E-state index in [-0.39, 0.29) is 23.8 Å². The molecule has 0 radical (unpaired) electrons. The number of furan rings is 1. The van der Waals surface area contributed by atoms with Gasteiger partial charge < -0.3 is 28.7 Å². The number of carbonyl (C=O) groups is 4. The molecule has 1 aliphatic heterocycles. The number of imide groups is 1. The van der Waals surface area contributed by atoms with Crippen LogP contribution in [-0.2, 0) is 25.6 Å². The summed E-state index contributed by atoms with van der Waals surface area (Å²) in [5, 5.41) is 2.50. The molecule has 1 saturated heterocycles. The molecule has 2 aromatic rings. The highest BCUT2D eigenvalue weighted by molar-refractivity contribution is 6.13. The number of esters is 2. The standard InChI is InChI=1S/C22H22N2O9/c1-12(20(26)30-3)32-16-7-5-13(10-18(16)29-2)9-15-19(25)24(22(28)23-15)11-14-6-8-17(33-14)21(27)31-4/h5-10,12H,11H2,1-4H3,(H,23,28). The van der Waals surface area contributed by atoms with Crippen molar-refractivity contribution in [3.63, 3.8) is 0 Å². The molecule has 174 valence electrons. The van der Waals surface area contributed by atoms with Crippen LogP contribution >= 0.6 is 0 Å². The Kier molecular flexibility index (Phi) is 7.01. The van der Waals surface area contributed by atoms with Gasteiger partial charge in [-0.2, -0.15) is 0 Å². The third kappa shape index (κ3) is 5.14. The lowest BCUT2D eigenvalue weighted by atomic mass is 10.1. The average Bonchev–Trinajstić information content (AvgIpc) is 3.39. The van der Waals surface area contributed by atoms with Crippen LogP contribution in [0.4, 0.5) is 4.79 Å². The molecule has 0 saturated carbocycles. The zero-order chi connectivity index (χ0) is 24.1. The normalized spacial score (nSPS) is 15.3. The Morgan fingerprint density at radius 3 is 2.52 bits per heavy atom. The molecule has 1 aliphatic rings. The molecular weight excluding hydrogens is 436 g/mol. The highest BCUT2D eigenvalue weighted by Crippen LogP contribution is 2.30. The smallest absolute Gasteiger partial charge is 0.373 e. The van der Waals surface area contributed by atoms with Gasteiger partial charge in [0.2, 0.25) is 5.76 Å². The average molecular weight is 458 g/mol. The molecule has 1 aromatic carbocycles. The SMILES string of the molecule is COC(=O)c1ccc(CN2C(=O)NC(=Cc3ccc(OC(C)C(=O)OC)c(OC)c3)C2=O)o1. The number of methoxy groups -OCH3 is 3. The number of benzene rings is 1. The Labute approximate surface area is 188 Å². The van der Waals surface area contributed by atoms with Crippen LogP contribution in [0.5, 0.6) is 11.5 Å². The number of carbonyl (C=O) groups excluding carboxylic acids is 4. The molecule has 0 aliphatic carbocycles. The fourth-order valence-electron chi connectivity index (χ4n) is 2.99. The van der Waals surface area contributed by atoms with Gasteiger partial charge in [0, 0.05) is 0 Å². The van der Waals surface area contributed by atoms with E-state index in [1.165, 1.54) is 46.5 Å². The number of rotatable bonds is 8. The van der Waals surface area contributed by atoms with E-state index >= 15 is 0 Å². The summed E-state index contributed by atoms with van der Waals surface area (Å²) in [7, 11) is 3.90. The largest absolute Gasteiger partial charge is 0.493 e. The van der Waals surface area contributed by atoms with Crippen molar-refractivity contribution in [1.82, 2.24) is 10.2 Å². The molecule has 11 heteroatoms. The monoisotopic (exact) mass is 458 g/mol. The van der Waals surface area contributed by atoms with E-state index in [1.807, 2.05) is 0 Å². The summed E-state index contributed by atoms with van der Waals surface area (Å²) in [5.41, 5.74) is 0.583. The lowest BCUT2D eigenvalue weighted by molar-refractivity contribution is -0.148. The molecule has 0 spiro atoms. The summed E-state index contributed by atoms with van der Waals surface area (Å²) >= 11 is 0. The van der Waals surface area contributed by atoms with E-state index in [4.69, 9.17) is 13.9 Å². The second-order valence-electron chi connectivity index (χ2n) is 6.83. The number of hydrogen-bond acceptors (Lipinski definition) is 9. The molecule has 11 nitrogen and oxygen atoms in total. The molecular formula is C22H22N2O9. The van der Waals surface area contributed by atoms with Crippen molar-refractivity contribution in [2.45, 2.75) is 19.6 Å². The third-order valence-electron chi connectivity index (χ3n) is 4.66. The van der Waals surface area contributed by atoms with Gasteiger partial charge in [0.05, 0.1) is 27.9 Å². The number of urea groups is 1. The van der Waals surface area contributed by atoms with Gasteiger partial charge in [0.15, 0.2) is 17.6 Å². The molecule has 0 bridgehead atoms. The first-order valence-electron chi connectivity index (χ1n) is 9.71. The topological polar surface area (TPSA) is 134 Å². The van der Waals surface area contributed by atoms with Crippen LogP contribution in [0.1, 0.15) is 28.8 Å². The van der Waals surface area contributed by atoms with Crippen molar-refractivity contribution >= 4 is 30.0 Å². The van der Waals surface area contributed by atoms with Crippen molar-refractivity contribution in [2.24, 2.45) is 0 Å². The van der Waals surface area contributed by atoms with E-state index in [9.17, 15) is 19.2 Å². The zero-order valence-electron chi connectivity index (χ0n) is 18.4. The van der Waals surface area contributed by atoms with Crippen molar-refractivity contribution in [3.8, 4) is 11.5 Å². The molecule has 3 rings (SSSR count). The van der Waals surface area contributed by atoms with Crippen molar-refractivity contribution < 1.29 is 42.5 Å². The van der Waals surface area contributed by atoms with Crippen LogP contribution in [0.3, 0.4) is 0 Å². The third-order valence-corrected chi connectivity index (χ3v) is 4.66. The predicted octanol–water partition coefficient (Wildman–Crippen LogP) is 2.11. The van der Waals surface area contributed by atoms with Crippen LogP contribution in [0.2, 0.25) is 0 Å². The van der Waals surface area contributed by atoms with Crippen LogP contribution in [0.25, 0.3) is 6.08 Å². The fraction of sp³-hybridized carbons (Fsp3) is 0.273. The molecule has 1 unspecified atom stereocenters. The van der Waals surface area contributed by atoms with Crippen LogP contribution in [0, 0.1) is 0 Å². The molecule has 33 heavy (non-hydrogen) atoms. The van der Waals surface area contributed by atoms with Crippen LogP contribution < -0.4 is 14.8 Å². The van der Waals surface area contributed by atoms with E-state index in [0.717, 1.165) is 4.90 Å². The van der Waals surface area contributed by atoms with Gasteiger partial charge in [0.1, 0.15) is 11.5 Å². The van der Waals surface area contributed by atoms with Gasteiger partial charge in [-0.3, -0.25) is 9.69 Å². The number of nitrogens with zero attached hydrogens (tertiary/aromatic N) is 1. The van der Waals surface area contributed by atoms with Crippen LogP contribution in [-0.4, -0.2) is 56.2 Å². The maximum atomic E-state index is 12.7.